The molecule has 0 N–H and O–H groups in total. The zero-order valence-corrected chi connectivity index (χ0v) is 18.8. The molecule has 0 unspecified atom stereocenters. The lowest BCUT2D eigenvalue weighted by molar-refractivity contribution is 0.419. The quantitative estimate of drug-likeness (QED) is 0.331. The van der Waals surface area contributed by atoms with Crippen LogP contribution >= 0.6 is 0 Å². The van der Waals surface area contributed by atoms with Crippen LogP contribution in [0.1, 0.15) is 73.4 Å². The van der Waals surface area contributed by atoms with Crippen LogP contribution in [0.25, 0.3) is 27.8 Å². The summed E-state index contributed by atoms with van der Waals surface area (Å²) in [5.41, 5.74) is 7.58. The Balaban J connectivity index is 2.16. The van der Waals surface area contributed by atoms with Gasteiger partial charge < -0.3 is 4.57 Å². The van der Waals surface area contributed by atoms with Gasteiger partial charge >= 0.3 is 0 Å². The first-order valence-electron chi connectivity index (χ1n) is 10.3. The Kier molecular flexibility index (Phi) is 3.82. The van der Waals surface area contributed by atoms with Crippen LogP contribution in [0.15, 0.2) is 36.4 Å². The summed E-state index contributed by atoms with van der Waals surface area (Å²) in [5, 5.41) is 0. The number of imidazole rings is 2. The predicted octanol–water partition coefficient (Wildman–Crippen LogP) is 6.79. The van der Waals surface area contributed by atoms with Crippen LogP contribution in [0.3, 0.4) is 0 Å². The molecule has 2 aromatic heterocycles. The van der Waals surface area contributed by atoms with Crippen molar-refractivity contribution in [2.45, 2.75) is 78.7 Å². The van der Waals surface area contributed by atoms with Gasteiger partial charge in [0, 0.05) is 5.54 Å². The number of aromatic nitrogens is 3. The Bertz CT molecular complexity index is 1200. The van der Waals surface area contributed by atoms with E-state index in [4.69, 9.17) is 4.98 Å². The smallest absolute Gasteiger partial charge is 0.216 e. The molecule has 0 saturated heterocycles. The van der Waals surface area contributed by atoms with Gasteiger partial charge in [-0.15, -0.1) is 0 Å². The maximum absolute atomic E-state index is 5.11. The number of nitrogens with zero attached hydrogens (tertiary/aromatic N) is 3. The average Bonchev–Trinajstić information content (AvgIpc) is 3.04. The first-order valence-corrected chi connectivity index (χ1v) is 10.3. The summed E-state index contributed by atoms with van der Waals surface area (Å²) in [6.07, 6.45) is 0. The van der Waals surface area contributed by atoms with Crippen molar-refractivity contribution in [3.8, 4) is 0 Å². The summed E-state index contributed by atoms with van der Waals surface area (Å²) in [6, 6.07) is 13.6. The highest BCUT2D eigenvalue weighted by Crippen LogP contribution is 2.35. The fourth-order valence-electron chi connectivity index (χ4n) is 4.05. The molecule has 0 aliphatic rings. The molecule has 148 valence electrons. The monoisotopic (exact) mass is 375 g/mol. The summed E-state index contributed by atoms with van der Waals surface area (Å²) < 4.78 is 4.73. The number of benzene rings is 2. The SMILES string of the molecule is CC(C)(C)c1ccc2c(c1)nc1n(C(C)(C)C)c3ccc(C(C)(C)C)cc3n21. The molecule has 3 heteroatoms. The van der Waals surface area contributed by atoms with Crippen molar-refractivity contribution in [3.63, 3.8) is 0 Å². The van der Waals surface area contributed by atoms with Crippen LogP contribution in [-0.4, -0.2) is 14.0 Å². The van der Waals surface area contributed by atoms with Gasteiger partial charge in [-0.05, 0) is 67.0 Å². The van der Waals surface area contributed by atoms with E-state index in [2.05, 4.69) is 108 Å². The van der Waals surface area contributed by atoms with Crippen LogP contribution in [0.4, 0.5) is 0 Å². The third-order valence-electron chi connectivity index (χ3n) is 5.70. The minimum Gasteiger partial charge on any atom is -0.304 e. The zero-order chi connectivity index (χ0) is 20.6. The van der Waals surface area contributed by atoms with Crippen molar-refractivity contribution in [3.05, 3.63) is 47.5 Å². The van der Waals surface area contributed by atoms with E-state index < -0.39 is 0 Å². The maximum atomic E-state index is 5.11. The van der Waals surface area contributed by atoms with Gasteiger partial charge in [-0.25, -0.2) is 4.98 Å². The molecule has 0 saturated carbocycles. The molecule has 0 spiro atoms. The standard InChI is InChI=1S/C25H33N3/c1-23(2,3)16-10-12-19-18(14-16)26-22-27(19)21-15-17(24(4,5)6)11-13-20(21)28(22)25(7,8)9/h10-15H,1-9H3. The number of hydrogen-bond donors (Lipinski definition) is 0. The van der Waals surface area contributed by atoms with Crippen LogP contribution in [-0.2, 0) is 16.4 Å². The van der Waals surface area contributed by atoms with Crippen molar-refractivity contribution >= 4 is 27.8 Å². The number of rotatable bonds is 0. The zero-order valence-electron chi connectivity index (χ0n) is 18.8. The Morgan fingerprint density at radius 3 is 1.71 bits per heavy atom. The lowest BCUT2D eigenvalue weighted by atomic mass is 9.86. The van der Waals surface area contributed by atoms with Gasteiger partial charge in [0.1, 0.15) is 0 Å². The molecule has 0 atom stereocenters. The van der Waals surface area contributed by atoms with Crippen LogP contribution in [0.5, 0.6) is 0 Å². The van der Waals surface area contributed by atoms with Crippen LogP contribution in [0, 0.1) is 0 Å². The van der Waals surface area contributed by atoms with E-state index in [1.807, 2.05) is 0 Å². The molecule has 3 nitrogen and oxygen atoms in total. The van der Waals surface area contributed by atoms with E-state index >= 15 is 0 Å². The van der Waals surface area contributed by atoms with Gasteiger partial charge in [0.2, 0.25) is 5.78 Å². The summed E-state index contributed by atoms with van der Waals surface area (Å²) in [5.74, 6) is 1.02. The van der Waals surface area contributed by atoms with Gasteiger partial charge in [0.25, 0.3) is 0 Å². The van der Waals surface area contributed by atoms with E-state index in [1.54, 1.807) is 0 Å². The number of hydrogen-bond acceptors (Lipinski definition) is 1. The molecule has 0 amide bonds. The van der Waals surface area contributed by atoms with E-state index in [1.165, 1.54) is 27.7 Å². The number of fused-ring (bicyclic) bond motifs is 5. The normalized spacial score (nSPS) is 13.9. The molecule has 2 aromatic carbocycles. The van der Waals surface area contributed by atoms with Crippen LogP contribution in [0.2, 0.25) is 0 Å². The summed E-state index contributed by atoms with van der Waals surface area (Å²) in [4.78, 5) is 5.11. The summed E-state index contributed by atoms with van der Waals surface area (Å²) in [6.45, 7) is 20.3. The van der Waals surface area contributed by atoms with E-state index in [9.17, 15) is 0 Å². The molecule has 0 bridgehead atoms. The van der Waals surface area contributed by atoms with Crippen LogP contribution < -0.4 is 0 Å². The highest BCUT2D eigenvalue weighted by atomic mass is 15.2. The van der Waals surface area contributed by atoms with Gasteiger partial charge in [-0.1, -0.05) is 53.7 Å². The Morgan fingerprint density at radius 1 is 0.643 bits per heavy atom. The Morgan fingerprint density at radius 2 is 1.18 bits per heavy atom. The minimum atomic E-state index is -0.0551. The van der Waals surface area contributed by atoms with Gasteiger partial charge in [-0.2, -0.15) is 0 Å². The molecule has 0 aliphatic carbocycles. The first kappa shape index (κ1) is 19.0. The Hall–Kier alpha value is -2.29. The second kappa shape index (κ2) is 5.62. The summed E-state index contributed by atoms with van der Waals surface area (Å²) in [7, 11) is 0. The molecular weight excluding hydrogens is 342 g/mol. The fourth-order valence-corrected chi connectivity index (χ4v) is 4.05. The average molecular weight is 376 g/mol. The highest BCUT2D eigenvalue weighted by molar-refractivity contribution is 5.91. The maximum Gasteiger partial charge on any atom is 0.216 e. The molecule has 0 fully saturated rings. The van der Waals surface area contributed by atoms with Crippen molar-refractivity contribution in [2.24, 2.45) is 0 Å². The molecule has 0 aliphatic heterocycles. The molecule has 0 radical (unpaired) electrons. The third kappa shape index (κ3) is 2.83. The van der Waals surface area contributed by atoms with E-state index in [-0.39, 0.29) is 16.4 Å². The molecule has 4 aromatic rings. The van der Waals surface area contributed by atoms with Crippen molar-refractivity contribution < 1.29 is 0 Å². The van der Waals surface area contributed by atoms with Crippen molar-refractivity contribution in [1.82, 2.24) is 14.0 Å². The van der Waals surface area contributed by atoms with Crippen molar-refractivity contribution in [2.75, 3.05) is 0 Å². The molecule has 4 rings (SSSR count). The predicted molar refractivity (Wildman–Crippen MR) is 121 cm³/mol. The Labute approximate surface area is 168 Å². The fraction of sp³-hybridized carbons (Fsp3) is 0.480. The van der Waals surface area contributed by atoms with Crippen molar-refractivity contribution in [1.29, 1.82) is 0 Å². The largest absolute Gasteiger partial charge is 0.304 e. The third-order valence-corrected chi connectivity index (χ3v) is 5.70. The first-order chi connectivity index (χ1) is 12.8. The van der Waals surface area contributed by atoms with E-state index in [0.29, 0.717) is 0 Å². The molecule has 2 heterocycles. The minimum absolute atomic E-state index is 0.0551. The summed E-state index contributed by atoms with van der Waals surface area (Å²) >= 11 is 0. The van der Waals surface area contributed by atoms with Gasteiger partial charge in [-0.3, -0.25) is 4.40 Å². The second-order valence-corrected chi connectivity index (χ2v) is 11.2. The van der Waals surface area contributed by atoms with E-state index in [0.717, 1.165) is 11.3 Å². The van der Waals surface area contributed by atoms with Gasteiger partial charge in [0.15, 0.2) is 0 Å². The highest BCUT2D eigenvalue weighted by Gasteiger charge is 2.25. The second-order valence-electron chi connectivity index (χ2n) is 11.2. The molecular formula is C25H33N3. The topological polar surface area (TPSA) is 22.2 Å². The lowest BCUT2D eigenvalue weighted by Gasteiger charge is -2.23. The molecule has 28 heavy (non-hydrogen) atoms. The van der Waals surface area contributed by atoms with Gasteiger partial charge in [0.05, 0.1) is 22.1 Å². The lowest BCUT2D eigenvalue weighted by Crippen LogP contribution is -2.21.